The first-order valence-corrected chi connectivity index (χ1v) is 7.70. The van der Waals surface area contributed by atoms with Crippen LogP contribution in [0, 0.1) is 0 Å². The van der Waals surface area contributed by atoms with Gasteiger partial charge in [0.25, 0.3) is 0 Å². The van der Waals surface area contributed by atoms with Crippen LogP contribution in [0.1, 0.15) is 0 Å². The molecule has 2 fully saturated rings. The van der Waals surface area contributed by atoms with Gasteiger partial charge in [-0.3, -0.25) is 9.59 Å². The van der Waals surface area contributed by atoms with Crippen molar-refractivity contribution in [3.63, 3.8) is 0 Å². The van der Waals surface area contributed by atoms with Gasteiger partial charge in [0, 0.05) is 58.6 Å². The maximum atomic E-state index is 12.3. The van der Waals surface area contributed by atoms with Crippen molar-refractivity contribution < 1.29 is 9.59 Å². The van der Waals surface area contributed by atoms with Crippen LogP contribution in [-0.2, 0) is 9.59 Å². The average molecular weight is 303 g/mol. The van der Waals surface area contributed by atoms with Crippen LogP contribution in [0.3, 0.4) is 0 Å². The molecule has 0 aromatic carbocycles. The molecule has 2 amide bonds. The van der Waals surface area contributed by atoms with E-state index in [1.54, 1.807) is 16.0 Å². The lowest BCUT2D eigenvalue weighted by Crippen LogP contribution is -2.56. The quantitative estimate of drug-likeness (QED) is 0.685. The summed E-state index contributed by atoms with van der Waals surface area (Å²) < 4.78 is 0. The van der Waals surface area contributed by atoms with E-state index < -0.39 is 0 Å². The summed E-state index contributed by atoms with van der Waals surface area (Å²) in [6.07, 6.45) is 1.76. The van der Waals surface area contributed by atoms with Gasteiger partial charge in [0.1, 0.15) is 5.82 Å². The molecule has 0 saturated carbocycles. The van der Waals surface area contributed by atoms with Gasteiger partial charge >= 0.3 is 11.8 Å². The topological polar surface area (TPSA) is 68.8 Å². The predicted octanol–water partition coefficient (Wildman–Crippen LogP) is -0.838. The van der Waals surface area contributed by atoms with E-state index >= 15 is 0 Å². The van der Waals surface area contributed by atoms with E-state index in [2.05, 4.69) is 15.2 Å². The molecule has 2 saturated heterocycles. The van der Waals surface area contributed by atoms with E-state index in [0.717, 1.165) is 18.9 Å². The molecule has 0 unspecified atom stereocenters. The summed E-state index contributed by atoms with van der Waals surface area (Å²) in [5.41, 5.74) is 0. The third-order valence-electron chi connectivity index (χ3n) is 4.13. The number of hydrogen-bond donors (Lipinski definition) is 1. The van der Waals surface area contributed by atoms with Gasteiger partial charge in [-0.05, 0) is 12.1 Å². The molecule has 1 aromatic rings. The summed E-state index contributed by atoms with van der Waals surface area (Å²) in [4.78, 5) is 34.3. The largest absolute Gasteiger partial charge is 0.353 e. The van der Waals surface area contributed by atoms with Crippen LogP contribution in [0.25, 0.3) is 0 Å². The number of hydrogen-bond acceptors (Lipinski definition) is 5. The lowest BCUT2D eigenvalue weighted by molar-refractivity contribution is -0.152. The van der Waals surface area contributed by atoms with Gasteiger partial charge in [0.2, 0.25) is 0 Å². The molecule has 0 aliphatic carbocycles. The molecule has 7 heteroatoms. The van der Waals surface area contributed by atoms with Gasteiger partial charge in [-0.2, -0.15) is 0 Å². The van der Waals surface area contributed by atoms with Crippen molar-refractivity contribution in [2.75, 3.05) is 57.3 Å². The van der Waals surface area contributed by atoms with Gasteiger partial charge in [-0.15, -0.1) is 0 Å². The monoisotopic (exact) mass is 303 g/mol. The van der Waals surface area contributed by atoms with Crippen molar-refractivity contribution in [1.82, 2.24) is 20.1 Å². The zero-order valence-corrected chi connectivity index (χ0v) is 12.6. The molecule has 0 radical (unpaired) electrons. The minimum Gasteiger partial charge on any atom is -0.353 e. The molecule has 2 aliphatic heterocycles. The van der Waals surface area contributed by atoms with E-state index in [-0.39, 0.29) is 11.8 Å². The molecule has 0 bridgehead atoms. The Bertz CT molecular complexity index is 522. The molecule has 22 heavy (non-hydrogen) atoms. The zero-order chi connectivity index (χ0) is 15.4. The van der Waals surface area contributed by atoms with Gasteiger partial charge < -0.3 is 20.0 Å². The van der Waals surface area contributed by atoms with Crippen molar-refractivity contribution in [3.05, 3.63) is 24.4 Å². The van der Waals surface area contributed by atoms with E-state index in [1.807, 2.05) is 18.2 Å². The number of carbonyl (C=O) groups is 2. The van der Waals surface area contributed by atoms with Crippen LogP contribution in [0.15, 0.2) is 24.4 Å². The molecule has 3 heterocycles. The lowest BCUT2D eigenvalue weighted by atomic mass is 10.2. The SMILES string of the molecule is O=C(C(=O)N1CCN(c2ccccn2)CC1)N1CCNCC1. The number of anilines is 1. The van der Waals surface area contributed by atoms with E-state index in [0.29, 0.717) is 39.3 Å². The molecule has 2 aliphatic rings. The first kappa shape index (κ1) is 14.8. The molecular formula is C15H21N5O2. The summed E-state index contributed by atoms with van der Waals surface area (Å²) in [7, 11) is 0. The van der Waals surface area contributed by atoms with Crippen LogP contribution in [0.4, 0.5) is 5.82 Å². The van der Waals surface area contributed by atoms with Gasteiger partial charge in [0.15, 0.2) is 0 Å². The van der Waals surface area contributed by atoms with Gasteiger partial charge in [-0.1, -0.05) is 6.07 Å². The third-order valence-corrected chi connectivity index (χ3v) is 4.13. The smallest absolute Gasteiger partial charge is 0.312 e. The number of carbonyl (C=O) groups excluding carboxylic acids is 2. The van der Waals surface area contributed by atoms with E-state index in [1.165, 1.54) is 0 Å². The predicted molar refractivity (Wildman–Crippen MR) is 82.5 cm³/mol. The van der Waals surface area contributed by atoms with Gasteiger partial charge in [-0.25, -0.2) is 4.98 Å². The van der Waals surface area contributed by atoms with Crippen molar-refractivity contribution in [3.8, 4) is 0 Å². The molecule has 118 valence electrons. The first-order valence-electron chi connectivity index (χ1n) is 7.70. The Morgan fingerprint density at radius 1 is 0.909 bits per heavy atom. The normalized spacial score (nSPS) is 19.2. The van der Waals surface area contributed by atoms with Crippen LogP contribution in [0.5, 0.6) is 0 Å². The molecule has 0 atom stereocenters. The van der Waals surface area contributed by atoms with E-state index in [4.69, 9.17) is 0 Å². The fraction of sp³-hybridized carbons (Fsp3) is 0.533. The number of nitrogens with zero attached hydrogens (tertiary/aromatic N) is 4. The van der Waals surface area contributed by atoms with Crippen LogP contribution in [-0.4, -0.2) is 79.0 Å². The first-order chi connectivity index (χ1) is 10.8. The van der Waals surface area contributed by atoms with E-state index in [9.17, 15) is 9.59 Å². The molecule has 0 spiro atoms. The standard InChI is InChI=1S/C15H21N5O2/c21-14(19-7-5-16-6-8-19)15(22)20-11-9-18(10-12-20)13-3-1-2-4-17-13/h1-4,16H,5-12H2. The summed E-state index contributed by atoms with van der Waals surface area (Å²) in [5, 5.41) is 3.18. The molecule has 3 rings (SSSR count). The van der Waals surface area contributed by atoms with Crippen LogP contribution >= 0.6 is 0 Å². The number of pyridine rings is 1. The van der Waals surface area contributed by atoms with Crippen molar-refractivity contribution in [2.45, 2.75) is 0 Å². The summed E-state index contributed by atoms with van der Waals surface area (Å²) >= 11 is 0. The van der Waals surface area contributed by atoms with Crippen LogP contribution in [0.2, 0.25) is 0 Å². The number of rotatable bonds is 1. The highest BCUT2D eigenvalue weighted by atomic mass is 16.2. The summed E-state index contributed by atoms with van der Waals surface area (Å²) in [6, 6.07) is 5.80. The zero-order valence-electron chi connectivity index (χ0n) is 12.6. The second-order valence-electron chi connectivity index (χ2n) is 5.51. The Labute approximate surface area is 129 Å². The number of amides is 2. The Morgan fingerprint density at radius 2 is 1.55 bits per heavy atom. The van der Waals surface area contributed by atoms with Crippen LogP contribution < -0.4 is 10.2 Å². The fourth-order valence-electron chi connectivity index (χ4n) is 2.82. The minimum absolute atomic E-state index is 0.368. The second kappa shape index (κ2) is 6.74. The summed E-state index contributed by atoms with van der Waals surface area (Å²) in [6.45, 7) is 5.27. The molecule has 1 N–H and O–H groups in total. The molecule has 1 aromatic heterocycles. The Balaban J connectivity index is 1.54. The molecular weight excluding hydrogens is 282 g/mol. The van der Waals surface area contributed by atoms with Crippen molar-refractivity contribution in [2.24, 2.45) is 0 Å². The highest BCUT2D eigenvalue weighted by Crippen LogP contribution is 2.13. The minimum atomic E-state index is -0.373. The Hall–Kier alpha value is -2.15. The van der Waals surface area contributed by atoms with Gasteiger partial charge in [0.05, 0.1) is 0 Å². The maximum absolute atomic E-state index is 12.3. The fourth-order valence-corrected chi connectivity index (χ4v) is 2.82. The van der Waals surface area contributed by atoms with Crippen molar-refractivity contribution >= 4 is 17.6 Å². The number of piperazine rings is 2. The highest BCUT2D eigenvalue weighted by Gasteiger charge is 2.30. The third kappa shape index (κ3) is 3.19. The maximum Gasteiger partial charge on any atom is 0.312 e. The summed E-state index contributed by atoms with van der Waals surface area (Å²) in [5.74, 6) is 0.179. The molecule has 7 nitrogen and oxygen atoms in total. The number of nitrogens with one attached hydrogen (secondary N) is 1. The average Bonchev–Trinajstić information content (AvgIpc) is 2.62. The second-order valence-corrected chi connectivity index (χ2v) is 5.51. The Kier molecular flexibility index (Phi) is 4.53. The lowest BCUT2D eigenvalue weighted by Gasteiger charge is -2.36. The van der Waals surface area contributed by atoms with Crippen molar-refractivity contribution in [1.29, 1.82) is 0 Å². The highest BCUT2D eigenvalue weighted by molar-refractivity contribution is 6.34. The number of aromatic nitrogens is 1. The Morgan fingerprint density at radius 3 is 2.14 bits per heavy atom.